The third kappa shape index (κ3) is 4.31. The van der Waals surface area contributed by atoms with Gasteiger partial charge < -0.3 is 0 Å². The van der Waals surface area contributed by atoms with Crippen molar-refractivity contribution in [3.63, 3.8) is 0 Å². The van der Waals surface area contributed by atoms with Gasteiger partial charge in [-0.25, -0.2) is 15.0 Å². The summed E-state index contributed by atoms with van der Waals surface area (Å²) in [4.78, 5) is 15.8. The molecule has 0 radical (unpaired) electrons. The molecule has 0 aliphatic heterocycles. The zero-order valence-corrected chi connectivity index (χ0v) is 30.3. The van der Waals surface area contributed by atoms with E-state index in [1.54, 1.807) is 0 Å². The molecule has 3 aliphatic carbocycles. The van der Waals surface area contributed by atoms with E-state index in [0.29, 0.717) is 17.5 Å². The lowest BCUT2D eigenvalue weighted by Crippen LogP contribution is -2.15. The standard InChI is InChI=1S/C50H37N3/c1-49(2)42-23-21-33(27-40(42)45-36-14-8-5-11-29(36)20-24-43(45)49)47-51-46(32-18-17-31-25-30-12-6-7-13-35(30)39(31)26-32)52-48(53-47)34-19-22-38-37-15-9-10-16-41(37)50(3,4)44(38)28-34/h5-24,26-28H,25H2,1-4H3. The molecular weight excluding hydrogens is 643 g/mol. The van der Waals surface area contributed by atoms with E-state index < -0.39 is 0 Å². The van der Waals surface area contributed by atoms with Crippen molar-refractivity contribution < 1.29 is 0 Å². The van der Waals surface area contributed by atoms with Crippen molar-refractivity contribution in [2.75, 3.05) is 0 Å². The van der Waals surface area contributed by atoms with E-state index in [0.717, 1.165) is 23.1 Å². The van der Waals surface area contributed by atoms with Crippen molar-refractivity contribution in [1.82, 2.24) is 15.0 Å². The van der Waals surface area contributed by atoms with Gasteiger partial charge in [0.15, 0.2) is 17.5 Å². The molecule has 8 aromatic rings. The number of fused-ring (bicyclic) bond motifs is 11. The summed E-state index contributed by atoms with van der Waals surface area (Å²) in [5, 5.41) is 2.54. The first-order valence-corrected chi connectivity index (χ1v) is 18.7. The highest BCUT2D eigenvalue weighted by molar-refractivity contribution is 6.03. The Morgan fingerprint density at radius 3 is 1.75 bits per heavy atom. The van der Waals surface area contributed by atoms with Crippen LogP contribution in [0.2, 0.25) is 0 Å². The Bertz CT molecular complexity index is 2880. The molecular formula is C50H37N3. The van der Waals surface area contributed by atoms with Gasteiger partial charge in [0, 0.05) is 27.5 Å². The van der Waals surface area contributed by atoms with Gasteiger partial charge in [-0.15, -0.1) is 0 Å². The van der Waals surface area contributed by atoms with Gasteiger partial charge in [-0.05, 0) is 102 Å². The molecule has 11 rings (SSSR count). The van der Waals surface area contributed by atoms with Gasteiger partial charge in [0.1, 0.15) is 0 Å². The van der Waals surface area contributed by atoms with E-state index in [1.807, 2.05) is 0 Å². The van der Waals surface area contributed by atoms with Crippen LogP contribution in [0.15, 0.2) is 140 Å². The summed E-state index contributed by atoms with van der Waals surface area (Å²) in [5.41, 5.74) is 18.5. The molecule has 3 heteroatoms. The maximum atomic E-state index is 5.29. The summed E-state index contributed by atoms with van der Waals surface area (Å²) < 4.78 is 0. The molecule has 0 amide bonds. The lowest BCUT2D eigenvalue weighted by Gasteiger charge is -2.22. The van der Waals surface area contributed by atoms with Crippen LogP contribution in [0.25, 0.3) is 78.3 Å². The average Bonchev–Trinajstić information content (AvgIpc) is 3.76. The van der Waals surface area contributed by atoms with Crippen LogP contribution in [0.1, 0.15) is 61.1 Å². The van der Waals surface area contributed by atoms with Crippen LogP contribution < -0.4 is 0 Å². The minimum Gasteiger partial charge on any atom is -0.208 e. The molecule has 3 aliphatic rings. The first-order chi connectivity index (χ1) is 25.8. The molecule has 0 unspecified atom stereocenters. The third-order valence-electron chi connectivity index (χ3n) is 12.4. The fourth-order valence-electron chi connectivity index (χ4n) is 9.53. The highest BCUT2D eigenvalue weighted by Gasteiger charge is 2.37. The van der Waals surface area contributed by atoms with Crippen LogP contribution in [0, 0.1) is 0 Å². The first kappa shape index (κ1) is 30.4. The second-order valence-corrected chi connectivity index (χ2v) is 16.0. The maximum Gasteiger partial charge on any atom is 0.164 e. The molecule has 53 heavy (non-hydrogen) atoms. The van der Waals surface area contributed by atoms with Crippen molar-refractivity contribution >= 4 is 10.8 Å². The van der Waals surface area contributed by atoms with Crippen molar-refractivity contribution in [3.05, 3.63) is 173 Å². The van der Waals surface area contributed by atoms with E-state index in [2.05, 4.69) is 167 Å². The van der Waals surface area contributed by atoms with E-state index in [4.69, 9.17) is 15.0 Å². The van der Waals surface area contributed by atoms with Gasteiger partial charge in [-0.1, -0.05) is 149 Å². The van der Waals surface area contributed by atoms with Crippen molar-refractivity contribution in [2.45, 2.75) is 44.9 Å². The predicted molar refractivity (Wildman–Crippen MR) is 217 cm³/mol. The molecule has 0 fully saturated rings. The largest absolute Gasteiger partial charge is 0.208 e. The molecule has 252 valence electrons. The van der Waals surface area contributed by atoms with Gasteiger partial charge in [0.05, 0.1) is 0 Å². The molecule has 7 aromatic carbocycles. The molecule has 0 spiro atoms. The molecule has 0 saturated heterocycles. The fraction of sp³-hybridized carbons (Fsp3) is 0.140. The van der Waals surface area contributed by atoms with Crippen LogP contribution >= 0.6 is 0 Å². The Kier molecular flexibility index (Phi) is 6.13. The molecule has 0 atom stereocenters. The summed E-state index contributed by atoms with van der Waals surface area (Å²) in [7, 11) is 0. The van der Waals surface area contributed by atoms with E-state index in [-0.39, 0.29) is 10.8 Å². The van der Waals surface area contributed by atoms with Crippen molar-refractivity contribution in [1.29, 1.82) is 0 Å². The fourth-order valence-corrected chi connectivity index (χ4v) is 9.53. The summed E-state index contributed by atoms with van der Waals surface area (Å²) in [6, 6.07) is 51.1. The van der Waals surface area contributed by atoms with E-state index >= 15 is 0 Å². The van der Waals surface area contributed by atoms with Crippen LogP contribution in [0.3, 0.4) is 0 Å². The number of nitrogens with zero attached hydrogens (tertiary/aromatic N) is 3. The number of benzene rings is 7. The smallest absolute Gasteiger partial charge is 0.164 e. The summed E-state index contributed by atoms with van der Waals surface area (Å²) in [5.74, 6) is 2.06. The van der Waals surface area contributed by atoms with Crippen molar-refractivity contribution in [3.8, 4) is 67.5 Å². The van der Waals surface area contributed by atoms with Gasteiger partial charge in [0.25, 0.3) is 0 Å². The molecule has 0 bridgehead atoms. The number of aromatic nitrogens is 3. The first-order valence-electron chi connectivity index (χ1n) is 18.7. The van der Waals surface area contributed by atoms with Gasteiger partial charge in [0.2, 0.25) is 0 Å². The van der Waals surface area contributed by atoms with Gasteiger partial charge in [-0.2, -0.15) is 0 Å². The molecule has 3 nitrogen and oxygen atoms in total. The molecule has 1 heterocycles. The normalized spacial score (nSPS) is 15.0. The summed E-state index contributed by atoms with van der Waals surface area (Å²) in [6.07, 6.45) is 0.953. The zero-order valence-electron chi connectivity index (χ0n) is 30.3. The molecule has 0 saturated carbocycles. The van der Waals surface area contributed by atoms with Crippen LogP contribution in [0.4, 0.5) is 0 Å². The third-order valence-corrected chi connectivity index (χ3v) is 12.4. The van der Waals surface area contributed by atoms with Gasteiger partial charge in [-0.3, -0.25) is 0 Å². The quantitative estimate of drug-likeness (QED) is 0.187. The van der Waals surface area contributed by atoms with Crippen LogP contribution in [-0.4, -0.2) is 15.0 Å². The Labute approximate surface area is 310 Å². The monoisotopic (exact) mass is 679 g/mol. The Hall–Kier alpha value is -6.19. The molecule has 0 N–H and O–H groups in total. The minimum atomic E-state index is -0.128. The second-order valence-electron chi connectivity index (χ2n) is 16.0. The summed E-state index contributed by atoms with van der Waals surface area (Å²) in [6.45, 7) is 9.32. The lowest BCUT2D eigenvalue weighted by molar-refractivity contribution is 0.660. The predicted octanol–water partition coefficient (Wildman–Crippen LogP) is 12.2. The van der Waals surface area contributed by atoms with E-state index in [9.17, 15) is 0 Å². The van der Waals surface area contributed by atoms with Crippen LogP contribution in [-0.2, 0) is 17.3 Å². The Morgan fingerprint density at radius 2 is 0.943 bits per heavy atom. The SMILES string of the molecule is CC1(C)c2ccccc2-c2ccc(-c3nc(-c4ccc5c(c4)-c4ccccc4C5)nc(-c4ccc5c(c4)-c4c(ccc6ccccc46)C5(C)C)n3)cc21. The van der Waals surface area contributed by atoms with Crippen molar-refractivity contribution in [2.24, 2.45) is 0 Å². The topological polar surface area (TPSA) is 38.7 Å². The number of hydrogen-bond acceptors (Lipinski definition) is 3. The van der Waals surface area contributed by atoms with E-state index in [1.165, 1.54) is 77.5 Å². The van der Waals surface area contributed by atoms with Gasteiger partial charge >= 0.3 is 0 Å². The Balaban J connectivity index is 1.11. The summed E-state index contributed by atoms with van der Waals surface area (Å²) >= 11 is 0. The number of rotatable bonds is 3. The van der Waals surface area contributed by atoms with Crippen LogP contribution in [0.5, 0.6) is 0 Å². The number of hydrogen-bond donors (Lipinski definition) is 0. The maximum absolute atomic E-state index is 5.29. The Morgan fingerprint density at radius 1 is 0.396 bits per heavy atom. The average molecular weight is 680 g/mol. The zero-order chi connectivity index (χ0) is 35.6. The lowest BCUT2D eigenvalue weighted by atomic mass is 9.82. The highest BCUT2D eigenvalue weighted by Crippen LogP contribution is 2.53. The second kappa shape index (κ2) is 10.7. The molecule has 1 aromatic heterocycles. The highest BCUT2D eigenvalue weighted by atomic mass is 15.0. The minimum absolute atomic E-state index is 0.113.